The van der Waals surface area contributed by atoms with Crippen molar-refractivity contribution in [3.05, 3.63) is 96.1 Å². The molecule has 0 aliphatic heterocycles. The number of aromatic nitrogens is 4. The maximum atomic E-state index is 12.6. The summed E-state index contributed by atoms with van der Waals surface area (Å²) in [4.78, 5) is 25.2. The van der Waals surface area contributed by atoms with Gasteiger partial charge in [-0.05, 0) is 24.3 Å². The highest BCUT2D eigenvalue weighted by molar-refractivity contribution is 7.19. The molecule has 0 bridgehead atoms. The summed E-state index contributed by atoms with van der Waals surface area (Å²) in [6.45, 7) is 0. The maximum Gasteiger partial charge on any atom is 0.257 e. The second-order valence-corrected chi connectivity index (χ2v) is 9.00. The lowest BCUT2D eigenvalue weighted by molar-refractivity contribution is 0.101. The van der Waals surface area contributed by atoms with Crippen LogP contribution in [0, 0.1) is 0 Å². The summed E-state index contributed by atoms with van der Waals surface area (Å²) < 4.78 is 0. The third kappa shape index (κ3) is 4.87. The fourth-order valence-corrected chi connectivity index (χ4v) is 4.54. The Morgan fingerprint density at radius 3 is 1.29 bits per heavy atom. The van der Waals surface area contributed by atoms with E-state index in [9.17, 15) is 9.59 Å². The molecule has 5 aromatic rings. The largest absolute Gasteiger partial charge is 0.296 e. The van der Waals surface area contributed by atoms with Crippen LogP contribution < -0.4 is 10.6 Å². The number of carbonyl (C=O) groups is 2. The number of hydrogen-bond acceptors (Lipinski definition) is 8. The van der Waals surface area contributed by atoms with Gasteiger partial charge in [0.1, 0.15) is 10.0 Å². The van der Waals surface area contributed by atoms with Crippen LogP contribution in [0.15, 0.2) is 84.9 Å². The first-order chi connectivity index (χ1) is 16.7. The minimum Gasteiger partial charge on any atom is -0.296 e. The Morgan fingerprint density at radius 1 is 0.529 bits per heavy atom. The molecule has 3 aromatic carbocycles. The number of hydrogen-bond donors (Lipinski definition) is 2. The quantitative estimate of drug-likeness (QED) is 0.342. The van der Waals surface area contributed by atoms with Crippen LogP contribution in [0.25, 0.3) is 21.1 Å². The summed E-state index contributed by atoms with van der Waals surface area (Å²) in [7, 11) is 0. The van der Waals surface area contributed by atoms with Gasteiger partial charge in [-0.25, -0.2) is 0 Å². The Hall–Kier alpha value is -4.28. The van der Waals surface area contributed by atoms with Crippen LogP contribution in [0.1, 0.15) is 20.7 Å². The molecule has 0 spiro atoms. The zero-order chi connectivity index (χ0) is 23.3. The van der Waals surface area contributed by atoms with Crippen molar-refractivity contribution >= 4 is 44.8 Å². The van der Waals surface area contributed by atoms with E-state index >= 15 is 0 Å². The predicted molar refractivity (Wildman–Crippen MR) is 133 cm³/mol. The second kappa shape index (κ2) is 9.69. The highest BCUT2D eigenvalue weighted by Gasteiger charge is 2.14. The van der Waals surface area contributed by atoms with E-state index in [1.54, 1.807) is 24.3 Å². The minimum atomic E-state index is -0.334. The lowest BCUT2D eigenvalue weighted by Gasteiger charge is -2.04. The van der Waals surface area contributed by atoms with E-state index < -0.39 is 0 Å². The van der Waals surface area contributed by atoms with Crippen LogP contribution in [-0.4, -0.2) is 32.2 Å². The van der Waals surface area contributed by atoms with Crippen molar-refractivity contribution in [2.45, 2.75) is 0 Å². The van der Waals surface area contributed by atoms with E-state index in [4.69, 9.17) is 0 Å². The molecule has 8 nitrogen and oxygen atoms in total. The number of carbonyl (C=O) groups excluding carboxylic acids is 2. The Morgan fingerprint density at radius 2 is 0.912 bits per heavy atom. The van der Waals surface area contributed by atoms with Gasteiger partial charge in [0.25, 0.3) is 11.8 Å². The molecule has 2 amide bonds. The molecule has 34 heavy (non-hydrogen) atoms. The highest BCUT2D eigenvalue weighted by Crippen LogP contribution is 2.27. The average molecular weight is 485 g/mol. The van der Waals surface area contributed by atoms with Crippen LogP contribution in [0.3, 0.4) is 0 Å². The van der Waals surface area contributed by atoms with Crippen LogP contribution in [-0.2, 0) is 0 Å². The molecule has 2 heterocycles. The van der Waals surface area contributed by atoms with E-state index in [1.165, 1.54) is 22.7 Å². The van der Waals surface area contributed by atoms with Gasteiger partial charge < -0.3 is 0 Å². The topological polar surface area (TPSA) is 110 Å². The van der Waals surface area contributed by atoms with Gasteiger partial charge in [0.15, 0.2) is 0 Å². The van der Waals surface area contributed by atoms with E-state index in [0.717, 1.165) is 21.1 Å². The average Bonchev–Trinajstić information content (AvgIpc) is 3.55. The van der Waals surface area contributed by atoms with E-state index in [-0.39, 0.29) is 11.8 Å². The summed E-state index contributed by atoms with van der Waals surface area (Å²) >= 11 is 2.58. The fourth-order valence-electron chi connectivity index (χ4n) is 3.05. The summed E-state index contributed by atoms with van der Waals surface area (Å²) in [6.07, 6.45) is 0. The Balaban J connectivity index is 1.21. The first-order valence-electron chi connectivity index (χ1n) is 10.2. The molecule has 0 saturated heterocycles. The first kappa shape index (κ1) is 21.6. The van der Waals surface area contributed by atoms with Crippen molar-refractivity contribution in [1.29, 1.82) is 0 Å². The van der Waals surface area contributed by atoms with E-state index in [0.29, 0.717) is 21.4 Å². The zero-order valence-electron chi connectivity index (χ0n) is 17.5. The van der Waals surface area contributed by atoms with Gasteiger partial charge in [-0.2, -0.15) is 0 Å². The number of rotatable bonds is 6. The smallest absolute Gasteiger partial charge is 0.257 e. The predicted octanol–water partition coefficient (Wildman–Crippen LogP) is 5.23. The van der Waals surface area contributed by atoms with Crippen LogP contribution in [0.5, 0.6) is 0 Å². The lowest BCUT2D eigenvalue weighted by atomic mass is 10.1. The molecule has 2 N–H and O–H groups in total. The molecule has 10 heteroatoms. The molecule has 0 aliphatic carbocycles. The second-order valence-electron chi connectivity index (χ2n) is 7.04. The van der Waals surface area contributed by atoms with Crippen molar-refractivity contribution in [2.75, 3.05) is 10.6 Å². The van der Waals surface area contributed by atoms with Gasteiger partial charge in [-0.1, -0.05) is 83.3 Å². The summed E-state index contributed by atoms with van der Waals surface area (Å²) in [5.74, 6) is -0.668. The number of nitrogens with one attached hydrogen (secondary N) is 2. The molecule has 0 aliphatic rings. The van der Waals surface area contributed by atoms with E-state index in [1.807, 2.05) is 60.7 Å². The molecule has 0 unspecified atom stereocenters. The van der Waals surface area contributed by atoms with Crippen LogP contribution in [0.4, 0.5) is 10.3 Å². The van der Waals surface area contributed by atoms with Crippen molar-refractivity contribution < 1.29 is 9.59 Å². The van der Waals surface area contributed by atoms with Gasteiger partial charge >= 0.3 is 0 Å². The van der Waals surface area contributed by atoms with Crippen molar-refractivity contribution in [3.8, 4) is 21.1 Å². The molecule has 0 fully saturated rings. The zero-order valence-corrected chi connectivity index (χ0v) is 19.1. The summed E-state index contributed by atoms with van der Waals surface area (Å²) in [5, 5.41) is 24.0. The fraction of sp³-hybridized carbons (Fsp3) is 0. The molecule has 0 radical (unpaired) electrons. The van der Waals surface area contributed by atoms with Gasteiger partial charge in [-0.3, -0.25) is 20.2 Å². The van der Waals surface area contributed by atoms with Crippen molar-refractivity contribution in [2.24, 2.45) is 0 Å². The summed E-state index contributed by atoms with van der Waals surface area (Å²) in [6, 6.07) is 25.6. The van der Waals surface area contributed by atoms with Crippen molar-refractivity contribution in [3.63, 3.8) is 0 Å². The molecule has 2 aromatic heterocycles. The normalized spacial score (nSPS) is 10.6. The Labute approximate surface area is 202 Å². The molecule has 5 rings (SSSR count). The number of amides is 2. The minimum absolute atomic E-state index is 0.334. The van der Waals surface area contributed by atoms with Gasteiger partial charge in [0.2, 0.25) is 10.3 Å². The third-order valence-electron chi connectivity index (χ3n) is 4.74. The van der Waals surface area contributed by atoms with Gasteiger partial charge in [0.05, 0.1) is 0 Å². The molecule has 0 saturated carbocycles. The molecular formula is C24H16N6O2S2. The highest BCUT2D eigenvalue weighted by atomic mass is 32.1. The number of benzene rings is 3. The number of nitrogens with zero attached hydrogens (tertiary/aromatic N) is 4. The molecule has 0 atom stereocenters. The molecule has 166 valence electrons. The number of anilines is 2. The lowest BCUT2D eigenvalue weighted by Crippen LogP contribution is -2.14. The van der Waals surface area contributed by atoms with Crippen molar-refractivity contribution in [1.82, 2.24) is 20.4 Å². The monoisotopic (exact) mass is 484 g/mol. The maximum absolute atomic E-state index is 12.6. The Bertz CT molecular complexity index is 1320. The van der Waals surface area contributed by atoms with Gasteiger partial charge in [-0.15, -0.1) is 20.4 Å². The first-order valence-corrected chi connectivity index (χ1v) is 11.8. The standard InChI is InChI=1S/C24H16N6O2S2/c31-19(25-23-29-27-21(33-23)17-7-3-1-4-8-17)15-11-13-16(14-12-15)20(32)26-24-30-28-22(34-24)18-9-5-2-6-10-18/h1-14H,(H,25,29,31)(H,26,30,32). The summed E-state index contributed by atoms with van der Waals surface area (Å²) in [5.41, 5.74) is 2.66. The van der Waals surface area contributed by atoms with Crippen LogP contribution >= 0.6 is 22.7 Å². The SMILES string of the molecule is O=C(Nc1nnc(-c2ccccc2)s1)c1ccc(C(=O)Nc2nnc(-c3ccccc3)s2)cc1. The Kier molecular flexibility index (Phi) is 6.15. The molecular weight excluding hydrogens is 468 g/mol. The van der Waals surface area contributed by atoms with E-state index in [2.05, 4.69) is 31.0 Å². The third-order valence-corrected chi connectivity index (χ3v) is 6.52. The van der Waals surface area contributed by atoms with Crippen LogP contribution in [0.2, 0.25) is 0 Å². The van der Waals surface area contributed by atoms with Gasteiger partial charge in [0, 0.05) is 22.3 Å².